The van der Waals surface area contributed by atoms with Crippen molar-refractivity contribution in [3.05, 3.63) is 75.1 Å². The first-order valence-corrected chi connectivity index (χ1v) is 15.7. The molecule has 4 aromatic rings. The molecule has 11 heteroatoms. The standard InChI is InChI=1S/C36H40N4O7/c1-19(36(43)40-14-13-29-26(18-40)24-16-22(44-3)8-11-28(24)39-29)37-30-12-9-23-25(17-31(30)42)27(38-20(2)41)10-7-21-15-32(45-4)34(46-5)35(47-6)33(21)23/h8-9,11-12,15-17,19,27,39H,7,10,13-14,18H2,1-6H3,(H,37,42)(H,38,41)/t19-,27-/m0/s1. The second-order valence-corrected chi connectivity index (χ2v) is 12.0. The van der Waals surface area contributed by atoms with Crippen molar-refractivity contribution < 1.29 is 28.5 Å². The number of hydrogen-bond donors (Lipinski definition) is 3. The van der Waals surface area contributed by atoms with Crippen molar-refractivity contribution in [2.24, 2.45) is 0 Å². The number of anilines is 1. The van der Waals surface area contributed by atoms with Crippen LogP contribution in [0.3, 0.4) is 0 Å². The molecular weight excluding hydrogens is 600 g/mol. The average Bonchev–Trinajstić information content (AvgIpc) is 3.28. The van der Waals surface area contributed by atoms with Crippen LogP contribution >= 0.6 is 0 Å². The van der Waals surface area contributed by atoms with Crippen molar-refractivity contribution >= 4 is 28.4 Å². The Morgan fingerprint density at radius 3 is 2.45 bits per heavy atom. The van der Waals surface area contributed by atoms with Crippen LogP contribution in [-0.2, 0) is 29.0 Å². The number of aromatic nitrogens is 1. The first kappa shape index (κ1) is 31.8. The van der Waals surface area contributed by atoms with E-state index in [1.807, 2.05) is 35.2 Å². The van der Waals surface area contributed by atoms with Gasteiger partial charge in [-0.1, -0.05) is 6.07 Å². The van der Waals surface area contributed by atoms with Crippen LogP contribution in [0.15, 0.2) is 47.3 Å². The molecule has 2 amide bonds. The van der Waals surface area contributed by atoms with Crippen LogP contribution in [0.25, 0.3) is 22.0 Å². The molecule has 0 radical (unpaired) electrons. The third-order valence-electron chi connectivity index (χ3n) is 9.15. The maximum Gasteiger partial charge on any atom is 0.245 e. The first-order valence-electron chi connectivity index (χ1n) is 15.7. The lowest BCUT2D eigenvalue weighted by Gasteiger charge is -2.30. The maximum absolute atomic E-state index is 13.8. The van der Waals surface area contributed by atoms with E-state index in [1.165, 1.54) is 6.92 Å². The Labute approximate surface area is 273 Å². The van der Waals surface area contributed by atoms with Crippen molar-refractivity contribution in [3.63, 3.8) is 0 Å². The number of aryl methyl sites for hydroxylation is 1. The van der Waals surface area contributed by atoms with Crippen LogP contribution in [0.4, 0.5) is 5.69 Å². The summed E-state index contributed by atoms with van der Waals surface area (Å²) in [5.74, 6) is 1.88. The molecule has 3 aromatic carbocycles. The van der Waals surface area contributed by atoms with E-state index in [-0.39, 0.29) is 22.9 Å². The first-order chi connectivity index (χ1) is 22.7. The van der Waals surface area contributed by atoms with Gasteiger partial charge in [-0.3, -0.25) is 14.4 Å². The van der Waals surface area contributed by atoms with Crippen molar-refractivity contribution in [1.29, 1.82) is 0 Å². The zero-order chi connectivity index (χ0) is 33.4. The van der Waals surface area contributed by atoms with E-state index in [2.05, 4.69) is 15.6 Å². The van der Waals surface area contributed by atoms with Gasteiger partial charge in [0.1, 0.15) is 11.8 Å². The van der Waals surface area contributed by atoms with Gasteiger partial charge in [0, 0.05) is 54.2 Å². The fourth-order valence-electron chi connectivity index (χ4n) is 6.90. The van der Waals surface area contributed by atoms with Crippen molar-refractivity contribution in [2.75, 3.05) is 40.3 Å². The monoisotopic (exact) mass is 640 g/mol. The molecule has 1 aliphatic heterocycles. The van der Waals surface area contributed by atoms with Gasteiger partial charge in [-0.25, -0.2) is 0 Å². The minimum Gasteiger partial charge on any atom is -0.497 e. The van der Waals surface area contributed by atoms with Gasteiger partial charge in [-0.2, -0.15) is 0 Å². The third kappa shape index (κ3) is 5.82. The Morgan fingerprint density at radius 2 is 1.74 bits per heavy atom. The maximum atomic E-state index is 13.8. The molecule has 0 bridgehead atoms. The second kappa shape index (κ2) is 12.9. The van der Waals surface area contributed by atoms with Gasteiger partial charge >= 0.3 is 0 Å². The van der Waals surface area contributed by atoms with Crippen molar-refractivity contribution in [1.82, 2.24) is 15.2 Å². The number of methoxy groups -OCH3 is 4. The number of benzene rings is 2. The van der Waals surface area contributed by atoms with Gasteiger partial charge in [0.05, 0.1) is 40.2 Å². The highest BCUT2D eigenvalue weighted by atomic mass is 16.5. The quantitative estimate of drug-likeness (QED) is 0.252. The number of hydrogen-bond acceptors (Lipinski definition) is 8. The molecule has 47 heavy (non-hydrogen) atoms. The van der Waals surface area contributed by atoms with E-state index in [9.17, 15) is 14.4 Å². The lowest BCUT2D eigenvalue weighted by molar-refractivity contribution is -0.132. The summed E-state index contributed by atoms with van der Waals surface area (Å²) >= 11 is 0. The van der Waals surface area contributed by atoms with Gasteiger partial charge in [0.15, 0.2) is 11.5 Å². The third-order valence-corrected chi connectivity index (χ3v) is 9.15. The van der Waals surface area contributed by atoms with E-state index in [0.717, 1.165) is 44.6 Å². The number of nitrogens with zero attached hydrogens (tertiary/aromatic N) is 1. The Kier molecular flexibility index (Phi) is 8.72. The molecule has 1 aromatic heterocycles. The Balaban J connectivity index is 1.35. The molecule has 0 unspecified atom stereocenters. The average molecular weight is 641 g/mol. The largest absolute Gasteiger partial charge is 0.497 e. The molecule has 11 nitrogen and oxygen atoms in total. The zero-order valence-corrected chi connectivity index (χ0v) is 27.5. The molecule has 0 saturated heterocycles. The zero-order valence-electron chi connectivity index (χ0n) is 27.5. The molecule has 3 N–H and O–H groups in total. The molecule has 2 aliphatic rings. The second-order valence-electron chi connectivity index (χ2n) is 12.0. The highest BCUT2D eigenvalue weighted by Crippen LogP contribution is 2.50. The number of ether oxygens (including phenoxy) is 4. The number of amides is 2. The van der Waals surface area contributed by atoms with Crippen LogP contribution in [-0.4, -0.2) is 62.7 Å². The molecule has 2 atom stereocenters. The number of fused-ring (bicyclic) bond motifs is 6. The minimum atomic E-state index is -0.677. The van der Waals surface area contributed by atoms with Gasteiger partial charge in [0.25, 0.3) is 0 Å². The number of carbonyl (C=O) groups is 2. The van der Waals surface area contributed by atoms with Crippen LogP contribution < -0.4 is 35.0 Å². The van der Waals surface area contributed by atoms with Crippen LogP contribution in [0.5, 0.6) is 23.0 Å². The van der Waals surface area contributed by atoms with E-state index >= 15 is 0 Å². The molecule has 1 aliphatic carbocycles. The SMILES string of the molecule is COc1ccc2[nH]c3c(c2c1)CN(C(=O)[C@H](C)Nc1ccc2c(cc1=O)[C@@H](NC(C)=O)CCc1cc(OC)c(OC)c(OC)c1-2)CC3. The molecule has 2 heterocycles. The number of carbonyl (C=O) groups excluding carboxylic acids is 2. The molecule has 246 valence electrons. The Hall–Kier alpha value is -5.19. The molecule has 0 spiro atoms. The molecule has 6 rings (SSSR count). The van der Waals surface area contributed by atoms with Gasteiger partial charge in [-0.05, 0) is 72.9 Å². The molecule has 0 fully saturated rings. The summed E-state index contributed by atoms with van der Waals surface area (Å²) in [7, 11) is 6.31. The Bertz CT molecular complexity index is 1940. The number of rotatable bonds is 8. The van der Waals surface area contributed by atoms with Crippen LogP contribution in [0, 0.1) is 0 Å². The van der Waals surface area contributed by atoms with E-state index in [1.54, 1.807) is 47.5 Å². The number of aromatic amines is 1. The smallest absolute Gasteiger partial charge is 0.245 e. The summed E-state index contributed by atoms with van der Waals surface area (Å²) in [5.41, 5.74) is 6.25. The van der Waals surface area contributed by atoms with Crippen LogP contribution in [0.2, 0.25) is 0 Å². The molecular formula is C36H40N4O7. The summed E-state index contributed by atoms with van der Waals surface area (Å²) in [4.78, 5) is 45.2. The van der Waals surface area contributed by atoms with Gasteiger partial charge < -0.3 is 39.5 Å². The number of nitrogens with one attached hydrogen (secondary N) is 3. The van der Waals surface area contributed by atoms with Crippen molar-refractivity contribution in [3.8, 4) is 34.1 Å². The Morgan fingerprint density at radius 1 is 0.957 bits per heavy atom. The summed E-state index contributed by atoms with van der Waals surface area (Å²) in [6.45, 7) is 4.24. The molecule has 0 saturated carbocycles. The predicted molar refractivity (Wildman–Crippen MR) is 180 cm³/mol. The lowest BCUT2D eigenvalue weighted by Crippen LogP contribution is -2.44. The van der Waals surface area contributed by atoms with E-state index < -0.39 is 12.1 Å². The van der Waals surface area contributed by atoms with Crippen molar-refractivity contribution in [2.45, 2.75) is 51.7 Å². The topological polar surface area (TPSA) is 131 Å². The highest BCUT2D eigenvalue weighted by molar-refractivity contribution is 5.89. The summed E-state index contributed by atoms with van der Waals surface area (Å²) in [6.07, 6.45) is 1.85. The van der Waals surface area contributed by atoms with Crippen LogP contribution in [0.1, 0.15) is 48.7 Å². The van der Waals surface area contributed by atoms with E-state index in [4.69, 9.17) is 18.9 Å². The predicted octanol–water partition coefficient (Wildman–Crippen LogP) is 4.74. The lowest BCUT2D eigenvalue weighted by atomic mass is 9.95. The minimum absolute atomic E-state index is 0.111. The van der Waals surface area contributed by atoms with Gasteiger partial charge in [0.2, 0.25) is 23.0 Å². The van der Waals surface area contributed by atoms with Gasteiger partial charge in [-0.15, -0.1) is 0 Å². The fourth-order valence-corrected chi connectivity index (χ4v) is 6.90. The summed E-state index contributed by atoms with van der Waals surface area (Å²) in [5, 5.41) is 7.25. The highest BCUT2D eigenvalue weighted by Gasteiger charge is 2.31. The summed E-state index contributed by atoms with van der Waals surface area (Å²) < 4.78 is 22.6. The number of H-pyrrole nitrogens is 1. The normalized spacial score (nSPS) is 15.8. The van der Waals surface area contributed by atoms with E-state index in [0.29, 0.717) is 55.2 Å². The fraction of sp³-hybridized carbons (Fsp3) is 0.361. The summed E-state index contributed by atoms with van der Waals surface area (Å²) in [6, 6.07) is 11.8.